The first-order valence-corrected chi connectivity index (χ1v) is 5.79. The van der Waals surface area contributed by atoms with Gasteiger partial charge in [0.05, 0.1) is 0 Å². The van der Waals surface area contributed by atoms with Gasteiger partial charge < -0.3 is 4.90 Å². The van der Waals surface area contributed by atoms with Gasteiger partial charge in [-0.05, 0) is 31.4 Å². The predicted molar refractivity (Wildman–Crippen MR) is 66.4 cm³/mol. The van der Waals surface area contributed by atoms with Gasteiger partial charge in [0.25, 0.3) is 0 Å². The van der Waals surface area contributed by atoms with E-state index in [-0.39, 0.29) is 0 Å². The second kappa shape index (κ2) is 4.97. The number of hydrogen-bond acceptors (Lipinski definition) is 2. The highest BCUT2D eigenvalue weighted by Gasteiger charge is 2.15. The zero-order chi connectivity index (χ0) is 11.4. The molecule has 1 aromatic rings. The first kappa shape index (κ1) is 10.9. The van der Waals surface area contributed by atoms with Crippen molar-refractivity contribution in [2.75, 3.05) is 11.9 Å². The van der Waals surface area contributed by atoms with Gasteiger partial charge >= 0.3 is 0 Å². The molecule has 0 N–H and O–H groups in total. The second-order valence-corrected chi connectivity index (χ2v) is 4.23. The third-order valence-electron chi connectivity index (χ3n) is 2.97. The summed E-state index contributed by atoms with van der Waals surface area (Å²) in [7, 11) is 1.99. The lowest BCUT2D eigenvalue weighted by Crippen LogP contribution is -2.15. The zero-order valence-electron chi connectivity index (χ0n) is 9.65. The SMILES string of the molecule is CN(/C=C1/CCCCC1=O)c1ccccc1. The number of rotatable bonds is 2. The van der Waals surface area contributed by atoms with E-state index >= 15 is 0 Å². The zero-order valence-corrected chi connectivity index (χ0v) is 9.65. The van der Waals surface area contributed by atoms with Crippen LogP contribution in [0.1, 0.15) is 25.7 Å². The maximum absolute atomic E-state index is 11.7. The Kier molecular flexibility index (Phi) is 3.40. The maximum atomic E-state index is 11.7. The van der Waals surface area contributed by atoms with Gasteiger partial charge in [-0.25, -0.2) is 0 Å². The normalized spacial score (nSPS) is 18.8. The molecule has 2 rings (SSSR count). The van der Waals surface area contributed by atoms with Crippen LogP contribution < -0.4 is 4.90 Å². The summed E-state index contributed by atoms with van der Waals surface area (Å²) < 4.78 is 0. The summed E-state index contributed by atoms with van der Waals surface area (Å²) in [5.41, 5.74) is 2.09. The van der Waals surface area contributed by atoms with Crippen molar-refractivity contribution in [1.82, 2.24) is 0 Å². The van der Waals surface area contributed by atoms with E-state index in [4.69, 9.17) is 0 Å². The summed E-state index contributed by atoms with van der Waals surface area (Å²) in [6.45, 7) is 0. The molecule has 0 unspecified atom stereocenters. The molecule has 1 aliphatic rings. The van der Waals surface area contributed by atoms with Crippen molar-refractivity contribution >= 4 is 11.5 Å². The Morgan fingerprint density at radius 3 is 2.50 bits per heavy atom. The van der Waals surface area contributed by atoms with Crippen molar-refractivity contribution in [2.24, 2.45) is 0 Å². The number of hydrogen-bond donors (Lipinski definition) is 0. The molecule has 0 saturated heterocycles. The molecule has 1 saturated carbocycles. The molecular formula is C14H17NO. The van der Waals surface area contributed by atoms with Crippen LogP contribution >= 0.6 is 0 Å². The molecule has 84 valence electrons. The van der Waals surface area contributed by atoms with Crippen molar-refractivity contribution < 1.29 is 4.79 Å². The highest BCUT2D eigenvalue weighted by molar-refractivity contribution is 5.96. The van der Waals surface area contributed by atoms with Crippen LogP contribution in [-0.2, 0) is 4.79 Å². The van der Waals surface area contributed by atoms with Gasteiger partial charge in [-0.15, -0.1) is 0 Å². The number of nitrogens with zero attached hydrogens (tertiary/aromatic N) is 1. The molecule has 16 heavy (non-hydrogen) atoms. The van der Waals surface area contributed by atoms with Crippen LogP contribution in [0.5, 0.6) is 0 Å². The summed E-state index contributed by atoms with van der Waals surface area (Å²) in [4.78, 5) is 13.7. The number of Topliss-reactive ketones (excluding diaryl/α,β-unsaturated/α-hetero) is 1. The monoisotopic (exact) mass is 215 g/mol. The topological polar surface area (TPSA) is 20.3 Å². The Balaban J connectivity index is 2.14. The summed E-state index contributed by atoms with van der Waals surface area (Å²) >= 11 is 0. The molecule has 0 heterocycles. The van der Waals surface area contributed by atoms with Crippen molar-refractivity contribution in [3.63, 3.8) is 0 Å². The van der Waals surface area contributed by atoms with Crippen molar-refractivity contribution in [2.45, 2.75) is 25.7 Å². The number of benzene rings is 1. The van der Waals surface area contributed by atoms with E-state index in [0.717, 1.165) is 30.5 Å². The lowest BCUT2D eigenvalue weighted by molar-refractivity contribution is -0.116. The van der Waals surface area contributed by atoms with E-state index < -0.39 is 0 Å². The fraction of sp³-hybridized carbons (Fsp3) is 0.357. The molecule has 0 aromatic heterocycles. The van der Waals surface area contributed by atoms with E-state index in [9.17, 15) is 4.79 Å². The van der Waals surface area contributed by atoms with Crippen LogP contribution in [0.15, 0.2) is 42.1 Å². The van der Waals surface area contributed by atoms with Crippen molar-refractivity contribution in [1.29, 1.82) is 0 Å². The lowest BCUT2D eigenvalue weighted by Gasteiger charge is -2.19. The number of anilines is 1. The molecular weight excluding hydrogens is 198 g/mol. The minimum absolute atomic E-state index is 0.314. The van der Waals surface area contributed by atoms with E-state index in [1.165, 1.54) is 0 Å². The smallest absolute Gasteiger partial charge is 0.160 e. The molecule has 0 radical (unpaired) electrons. The lowest BCUT2D eigenvalue weighted by atomic mass is 9.94. The summed E-state index contributed by atoms with van der Waals surface area (Å²) in [5.74, 6) is 0.314. The maximum Gasteiger partial charge on any atom is 0.160 e. The van der Waals surface area contributed by atoms with Crippen molar-refractivity contribution in [3.05, 3.63) is 42.1 Å². The molecule has 2 nitrogen and oxygen atoms in total. The highest BCUT2D eigenvalue weighted by Crippen LogP contribution is 2.21. The molecule has 1 aromatic carbocycles. The number of carbonyl (C=O) groups excluding carboxylic acids is 1. The standard InChI is InChI=1S/C14H17NO/c1-15(13-8-3-2-4-9-13)11-12-7-5-6-10-14(12)16/h2-4,8-9,11H,5-7,10H2,1H3/b12-11-. The first-order valence-electron chi connectivity index (χ1n) is 5.79. The van der Waals surface area contributed by atoms with Crippen LogP contribution in [0.3, 0.4) is 0 Å². The Bertz CT molecular complexity index is 394. The number of ketones is 1. The number of allylic oxidation sites excluding steroid dienone is 1. The van der Waals surface area contributed by atoms with Gasteiger partial charge in [0, 0.05) is 30.9 Å². The fourth-order valence-corrected chi connectivity index (χ4v) is 2.01. The summed E-state index contributed by atoms with van der Waals surface area (Å²) in [6, 6.07) is 10.1. The Hall–Kier alpha value is -1.57. The Morgan fingerprint density at radius 2 is 1.81 bits per heavy atom. The molecule has 0 atom stereocenters. The minimum atomic E-state index is 0.314. The van der Waals surface area contributed by atoms with Crippen LogP contribution in [-0.4, -0.2) is 12.8 Å². The predicted octanol–water partition coefficient (Wildman–Crippen LogP) is 3.15. The third-order valence-corrected chi connectivity index (χ3v) is 2.97. The van der Waals surface area contributed by atoms with Crippen LogP contribution in [0.2, 0.25) is 0 Å². The van der Waals surface area contributed by atoms with Gasteiger partial charge in [0.2, 0.25) is 0 Å². The quantitative estimate of drug-likeness (QED) is 0.706. The second-order valence-electron chi connectivity index (χ2n) is 4.23. The largest absolute Gasteiger partial charge is 0.351 e. The molecule has 0 amide bonds. The number of carbonyl (C=O) groups is 1. The average molecular weight is 215 g/mol. The highest BCUT2D eigenvalue weighted by atomic mass is 16.1. The Morgan fingerprint density at radius 1 is 1.12 bits per heavy atom. The Labute approximate surface area is 96.6 Å². The van der Waals surface area contributed by atoms with Crippen LogP contribution in [0.25, 0.3) is 0 Å². The molecule has 0 aliphatic heterocycles. The molecule has 2 heteroatoms. The van der Waals surface area contributed by atoms with E-state index in [0.29, 0.717) is 12.2 Å². The van der Waals surface area contributed by atoms with E-state index in [2.05, 4.69) is 0 Å². The molecule has 0 spiro atoms. The molecule has 0 bridgehead atoms. The number of para-hydroxylation sites is 1. The fourth-order valence-electron chi connectivity index (χ4n) is 2.01. The van der Waals surface area contributed by atoms with Gasteiger partial charge in [0.15, 0.2) is 5.78 Å². The first-order chi connectivity index (χ1) is 7.77. The third kappa shape index (κ3) is 2.51. The average Bonchev–Trinajstić information content (AvgIpc) is 2.33. The molecule has 1 fully saturated rings. The summed E-state index contributed by atoms with van der Waals surface area (Å²) in [6.07, 6.45) is 5.81. The van der Waals surface area contributed by atoms with Crippen molar-refractivity contribution in [3.8, 4) is 0 Å². The van der Waals surface area contributed by atoms with Gasteiger partial charge in [-0.3, -0.25) is 4.79 Å². The minimum Gasteiger partial charge on any atom is -0.351 e. The van der Waals surface area contributed by atoms with Gasteiger partial charge in [-0.2, -0.15) is 0 Å². The van der Waals surface area contributed by atoms with E-state index in [1.54, 1.807) is 0 Å². The van der Waals surface area contributed by atoms with Gasteiger partial charge in [0.1, 0.15) is 0 Å². The van der Waals surface area contributed by atoms with Gasteiger partial charge in [-0.1, -0.05) is 18.2 Å². The van der Waals surface area contributed by atoms with Crippen LogP contribution in [0.4, 0.5) is 5.69 Å². The van der Waals surface area contributed by atoms with E-state index in [1.807, 2.05) is 48.5 Å². The van der Waals surface area contributed by atoms with Crippen LogP contribution in [0, 0.1) is 0 Å². The molecule has 1 aliphatic carbocycles. The summed E-state index contributed by atoms with van der Waals surface area (Å²) in [5, 5.41) is 0.